The summed E-state index contributed by atoms with van der Waals surface area (Å²) >= 11 is 6.95. The largest absolute Gasteiger partial charge is 0.456 e. The highest BCUT2D eigenvalue weighted by atomic mass is 35.5. The number of carbonyl (C=O) groups is 1. The zero-order valence-electron chi connectivity index (χ0n) is 29.6. The van der Waals surface area contributed by atoms with Gasteiger partial charge in [0.15, 0.2) is 0 Å². The number of halogens is 1. The maximum Gasteiger partial charge on any atom is 0.410 e. The number of hydrogen-bond acceptors (Lipinski definition) is 8. The molecule has 264 valence electrons. The molecule has 1 spiro atoms. The van der Waals surface area contributed by atoms with Crippen LogP contribution in [0.2, 0.25) is 30.7 Å². The molecular weight excluding hydrogens is 670 g/mol. The van der Waals surface area contributed by atoms with Crippen molar-refractivity contribution in [3.63, 3.8) is 0 Å². The molecule has 4 heterocycles. The summed E-state index contributed by atoms with van der Waals surface area (Å²) < 4.78 is 22.0. The maximum atomic E-state index is 12.8. The summed E-state index contributed by atoms with van der Waals surface area (Å²) in [6, 6.07) is 10.8. The summed E-state index contributed by atoms with van der Waals surface area (Å²) in [5.74, 6) is 2.02. The van der Waals surface area contributed by atoms with Crippen molar-refractivity contribution in [2.75, 3.05) is 19.8 Å². The van der Waals surface area contributed by atoms with Gasteiger partial charge in [0.05, 0.1) is 47.3 Å². The molecule has 2 aliphatic rings. The van der Waals surface area contributed by atoms with Crippen LogP contribution in [0.25, 0.3) is 33.3 Å². The minimum absolute atomic E-state index is 0.116. The molecule has 3 aromatic heterocycles. The molecule has 1 atom stereocenters. The SMILES string of the molecule is CCCCOC(=O)N1CCC(n2cc(-c3cnc4ccc(Oc5ccc6nc(C)n(COCC[Si](C)(C)C)c6c5)c(Cl)c4n3)cn2)CC12CC2. The summed E-state index contributed by atoms with van der Waals surface area (Å²) in [6.45, 7) is 13.5. The van der Waals surface area contributed by atoms with Crippen molar-refractivity contribution in [1.82, 2.24) is 34.2 Å². The Morgan fingerprint density at radius 3 is 2.68 bits per heavy atom. The normalized spacial score (nSPS) is 17.2. The first-order valence-electron chi connectivity index (χ1n) is 17.7. The first-order valence-corrected chi connectivity index (χ1v) is 21.8. The fourth-order valence-corrected chi connectivity index (χ4v) is 7.70. The third-order valence-corrected chi connectivity index (χ3v) is 12.0. The Morgan fingerprint density at radius 1 is 1.08 bits per heavy atom. The molecule has 1 saturated carbocycles. The summed E-state index contributed by atoms with van der Waals surface area (Å²) in [5, 5.41) is 5.11. The predicted octanol–water partition coefficient (Wildman–Crippen LogP) is 9.02. The van der Waals surface area contributed by atoms with Gasteiger partial charge in [-0.25, -0.2) is 14.8 Å². The minimum Gasteiger partial charge on any atom is -0.456 e. The van der Waals surface area contributed by atoms with Crippen molar-refractivity contribution < 1.29 is 19.0 Å². The van der Waals surface area contributed by atoms with Crippen molar-refractivity contribution in [2.45, 2.75) is 96.4 Å². The third kappa shape index (κ3) is 7.24. The number of unbranched alkanes of at least 4 members (excludes halogenated alkanes) is 1. The van der Waals surface area contributed by atoms with Gasteiger partial charge in [-0.2, -0.15) is 5.10 Å². The van der Waals surface area contributed by atoms with E-state index in [1.165, 1.54) is 0 Å². The molecule has 0 bridgehead atoms. The van der Waals surface area contributed by atoms with Gasteiger partial charge in [0.1, 0.15) is 34.6 Å². The second-order valence-corrected chi connectivity index (χ2v) is 20.9. The van der Waals surface area contributed by atoms with Crippen LogP contribution >= 0.6 is 11.6 Å². The van der Waals surface area contributed by atoms with Crippen molar-refractivity contribution in [1.29, 1.82) is 0 Å². The number of carbonyl (C=O) groups excluding carboxylic acids is 1. The van der Waals surface area contributed by atoms with E-state index in [1.54, 1.807) is 6.20 Å². The van der Waals surface area contributed by atoms with Crippen LogP contribution in [0.4, 0.5) is 4.79 Å². The summed E-state index contributed by atoms with van der Waals surface area (Å²) in [4.78, 5) is 29.1. The Labute approximate surface area is 298 Å². The summed E-state index contributed by atoms with van der Waals surface area (Å²) in [7, 11) is -1.18. The lowest BCUT2D eigenvalue weighted by atomic mass is 9.95. The molecule has 0 radical (unpaired) electrons. The fourth-order valence-electron chi connectivity index (χ4n) is 6.70. The van der Waals surface area contributed by atoms with Crippen molar-refractivity contribution in [3.05, 3.63) is 59.8 Å². The second-order valence-electron chi connectivity index (χ2n) is 14.9. The molecule has 1 unspecified atom stereocenters. The van der Waals surface area contributed by atoms with E-state index < -0.39 is 8.07 Å². The van der Waals surface area contributed by atoms with E-state index in [1.807, 2.05) is 59.2 Å². The van der Waals surface area contributed by atoms with Crippen molar-refractivity contribution in [2.24, 2.45) is 0 Å². The highest BCUT2D eigenvalue weighted by Gasteiger charge is 2.54. The molecule has 2 aromatic carbocycles. The van der Waals surface area contributed by atoms with E-state index in [4.69, 9.17) is 40.9 Å². The number of aryl methyl sites for hydroxylation is 1. The molecule has 1 amide bonds. The maximum absolute atomic E-state index is 12.8. The molecular formula is C37H46ClN7O4Si. The van der Waals surface area contributed by atoms with Crippen LogP contribution in [0.15, 0.2) is 48.9 Å². The van der Waals surface area contributed by atoms with Crippen LogP contribution in [0.5, 0.6) is 11.5 Å². The number of piperidine rings is 1. The van der Waals surface area contributed by atoms with Crippen LogP contribution in [0, 0.1) is 6.92 Å². The Balaban J connectivity index is 1.06. The van der Waals surface area contributed by atoms with Gasteiger partial charge in [0, 0.05) is 44.6 Å². The van der Waals surface area contributed by atoms with Gasteiger partial charge in [-0.05, 0) is 69.3 Å². The summed E-state index contributed by atoms with van der Waals surface area (Å²) in [6.07, 6.45) is 11.0. The molecule has 1 aliphatic heterocycles. The molecule has 0 N–H and O–H groups in total. The average Bonchev–Trinajstić information content (AvgIpc) is 3.52. The number of hydrogen-bond donors (Lipinski definition) is 0. The highest BCUT2D eigenvalue weighted by molar-refractivity contribution is 6.76. The molecule has 2 fully saturated rings. The Kier molecular flexibility index (Phi) is 9.62. The predicted molar refractivity (Wildman–Crippen MR) is 198 cm³/mol. The van der Waals surface area contributed by atoms with Crippen molar-refractivity contribution >= 4 is 47.8 Å². The number of nitrogens with zero attached hydrogens (tertiary/aromatic N) is 7. The van der Waals surface area contributed by atoms with Gasteiger partial charge in [0.25, 0.3) is 0 Å². The number of amides is 1. The van der Waals surface area contributed by atoms with Gasteiger partial charge in [-0.3, -0.25) is 9.67 Å². The number of fused-ring (bicyclic) bond motifs is 2. The standard InChI is InChI=1S/C37H46ClN7O4Si/c1-6-7-16-48-36(46)44-15-12-27(20-37(44)13-14-37)45-23-26(21-40-45)31-22-39-30-10-11-33(34(38)35(30)42-31)49-28-8-9-29-32(19-28)43(25(2)41-29)24-47-17-18-50(3,4)5/h8-11,19,21-23,27H,6-7,12-18,20,24H2,1-5H3. The van der Waals surface area contributed by atoms with Gasteiger partial charge in [0.2, 0.25) is 0 Å². The van der Waals surface area contributed by atoms with Gasteiger partial charge in [-0.1, -0.05) is 44.6 Å². The van der Waals surface area contributed by atoms with E-state index in [-0.39, 0.29) is 17.7 Å². The average molecular weight is 716 g/mol. The van der Waals surface area contributed by atoms with Crippen LogP contribution in [-0.2, 0) is 16.2 Å². The number of ether oxygens (including phenoxy) is 3. The molecule has 7 rings (SSSR count). The number of benzene rings is 2. The first-order chi connectivity index (χ1) is 24.0. The molecule has 1 aliphatic carbocycles. The monoisotopic (exact) mass is 715 g/mol. The lowest BCUT2D eigenvalue weighted by molar-refractivity contribution is 0.0522. The van der Waals surface area contributed by atoms with Gasteiger partial charge >= 0.3 is 6.09 Å². The quantitative estimate of drug-likeness (QED) is 0.0930. The number of aromatic nitrogens is 6. The Hall–Kier alpha value is -4.00. The van der Waals surface area contributed by atoms with E-state index in [2.05, 4.69) is 36.1 Å². The van der Waals surface area contributed by atoms with Crippen molar-refractivity contribution in [3.8, 4) is 22.8 Å². The van der Waals surface area contributed by atoms with Crippen LogP contribution in [0.3, 0.4) is 0 Å². The van der Waals surface area contributed by atoms with E-state index in [9.17, 15) is 4.79 Å². The third-order valence-electron chi connectivity index (χ3n) is 9.89. The van der Waals surface area contributed by atoms with E-state index >= 15 is 0 Å². The first kappa shape index (κ1) is 34.4. The van der Waals surface area contributed by atoms with Crippen LogP contribution < -0.4 is 4.74 Å². The lowest BCUT2D eigenvalue weighted by Gasteiger charge is -2.39. The summed E-state index contributed by atoms with van der Waals surface area (Å²) in [5.41, 5.74) is 4.46. The van der Waals surface area contributed by atoms with Gasteiger partial charge in [-0.15, -0.1) is 0 Å². The topological polar surface area (TPSA) is 109 Å². The lowest BCUT2D eigenvalue weighted by Crippen LogP contribution is -2.48. The number of rotatable bonds is 12. The van der Waals surface area contributed by atoms with E-state index in [0.717, 1.165) is 73.6 Å². The molecule has 13 heteroatoms. The van der Waals surface area contributed by atoms with Gasteiger partial charge < -0.3 is 23.7 Å². The zero-order chi connectivity index (χ0) is 35.0. The molecule has 11 nitrogen and oxygen atoms in total. The Morgan fingerprint density at radius 2 is 1.90 bits per heavy atom. The molecule has 5 aromatic rings. The zero-order valence-corrected chi connectivity index (χ0v) is 31.4. The van der Waals surface area contributed by atoms with E-state index in [0.29, 0.717) is 53.1 Å². The van der Waals surface area contributed by atoms with Crippen LogP contribution in [0.1, 0.15) is 57.3 Å². The smallest absolute Gasteiger partial charge is 0.410 e. The highest BCUT2D eigenvalue weighted by Crippen LogP contribution is 2.51. The Bertz CT molecular complexity index is 2020. The molecule has 50 heavy (non-hydrogen) atoms. The number of likely N-dealkylation sites (tertiary alicyclic amines) is 1. The minimum atomic E-state index is -1.18. The van der Waals surface area contributed by atoms with Crippen LogP contribution in [-0.4, -0.2) is 73.7 Å². The fraction of sp³-hybridized carbons (Fsp3) is 0.486. The molecule has 1 saturated heterocycles. The second kappa shape index (κ2) is 14.0. The number of imidazole rings is 1.